The monoisotopic (exact) mass is 338 g/mol. The van der Waals surface area contributed by atoms with Gasteiger partial charge in [0.05, 0.1) is 6.54 Å². The second-order valence-electron chi connectivity index (χ2n) is 6.52. The number of nitrogens with zero attached hydrogens (tertiary/aromatic N) is 1. The molecule has 25 heavy (non-hydrogen) atoms. The second-order valence-corrected chi connectivity index (χ2v) is 6.52. The Balaban J connectivity index is 1.59. The van der Waals surface area contributed by atoms with Crippen molar-refractivity contribution in [3.63, 3.8) is 0 Å². The van der Waals surface area contributed by atoms with Gasteiger partial charge in [0.1, 0.15) is 6.61 Å². The molecule has 0 aliphatic carbocycles. The predicted molar refractivity (Wildman–Crippen MR) is 99.0 cm³/mol. The highest BCUT2D eigenvalue weighted by Crippen LogP contribution is 2.16. The molecule has 1 aliphatic heterocycles. The lowest BCUT2D eigenvalue weighted by Crippen LogP contribution is -2.45. The summed E-state index contributed by atoms with van der Waals surface area (Å²) in [5.41, 5.74) is 2.25. The summed E-state index contributed by atoms with van der Waals surface area (Å²) in [5.74, 6) is -0.154. The molecule has 0 bridgehead atoms. The van der Waals surface area contributed by atoms with Gasteiger partial charge in [-0.15, -0.1) is 0 Å². The van der Waals surface area contributed by atoms with Crippen LogP contribution in [0.3, 0.4) is 0 Å². The highest BCUT2D eigenvalue weighted by Gasteiger charge is 2.23. The Bertz CT molecular complexity index is 639. The topological polar surface area (TPSA) is 41.6 Å². The van der Waals surface area contributed by atoms with Crippen molar-refractivity contribution in [2.75, 3.05) is 19.6 Å². The van der Waals surface area contributed by atoms with Crippen LogP contribution in [0.25, 0.3) is 0 Å². The van der Waals surface area contributed by atoms with Gasteiger partial charge in [-0.05, 0) is 37.1 Å². The van der Waals surface area contributed by atoms with Crippen molar-refractivity contribution < 1.29 is 9.53 Å². The zero-order chi connectivity index (χ0) is 17.3. The third kappa shape index (κ3) is 5.69. The summed E-state index contributed by atoms with van der Waals surface area (Å²) in [5, 5.41) is 3.39. The number of piperidine rings is 1. The molecule has 1 saturated heterocycles. The van der Waals surface area contributed by atoms with Gasteiger partial charge in [0.15, 0.2) is 0 Å². The van der Waals surface area contributed by atoms with Gasteiger partial charge in [0.2, 0.25) is 0 Å². The van der Waals surface area contributed by atoms with Crippen LogP contribution in [-0.2, 0) is 22.7 Å². The molecule has 0 aromatic heterocycles. The molecule has 0 saturated carbocycles. The van der Waals surface area contributed by atoms with E-state index in [1.54, 1.807) is 0 Å². The van der Waals surface area contributed by atoms with Gasteiger partial charge in [-0.1, -0.05) is 60.7 Å². The summed E-state index contributed by atoms with van der Waals surface area (Å²) in [6.45, 7) is 3.48. The largest absolute Gasteiger partial charge is 0.460 e. The lowest BCUT2D eigenvalue weighted by molar-refractivity contribution is -0.147. The average Bonchev–Trinajstić information content (AvgIpc) is 2.68. The minimum Gasteiger partial charge on any atom is -0.460 e. The highest BCUT2D eigenvalue weighted by atomic mass is 16.5. The molecule has 0 radical (unpaired) electrons. The second kappa shape index (κ2) is 9.35. The lowest BCUT2D eigenvalue weighted by atomic mass is 10.0. The van der Waals surface area contributed by atoms with Gasteiger partial charge in [-0.3, -0.25) is 9.69 Å². The molecule has 0 amide bonds. The van der Waals surface area contributed by atoms with E-state index in [-0.39, 0.29) is 5.97 Å². The highest BCUT2D eigenvalue weighted by molar-refractivity contribution is 5.71. The molecule has 3 rings (SSSR count). The van der Waals surface area contributed by atoms with E-state index in [0.29, 0.717) is 19.2 Å². The first-order chi connectivity index (χ1) is 12.3. The molecule has 1 heterocycles. The first-order valence-corrected chi connectivity index (χ1v) is 8.99. The number of benzene rings is 2. The van der Waals surface area contributed by atoms with Gasteiger partial charge in [-0.2, -0.15) is 0 Å². The van der Waals surface area contributed by atoms with Gasteiger partial charge < -0.3 is 10.1 Å². The van der Waals surface area contributed by atoms with E-state index in [4.69, 9.17) is 4.74 Å². The van der Waals surface area contributed by atoms with E-state index in [9.17, 15) is 4.79 Å². The molecule has 1 N–H and O–H groups in total. The van der Waals surface area contributed by atoms with Gasteiger partial charge in [-0.25, -0.2) is 0 Å². The summed E-state index contributed by atoms with van der Waals surface area (Å²) in [6.07, 6.45) is 2.14. The predicted octanol–water partition coefficient (Wildman–Crippen LogP) is 2.98. The summed E-state index contributed by atoms with van der Waals surface area (Å²) in [6, 6.07) is 20.6. The quantitative estimate of drug-likeness (QED) is 0.788. The first kappa shape index (κ1) is 17.6. The van der Waals surface area contributed by atoms with Crippen LogP contribution in [0.4, 0.5) is 0 Å². The SMILES string of the molecule is O=C(CN(Cc1ccccc1)C1CCNCC1)OCc1ccccc1. The molecule has 1 fully saturated rings. The molecule has 4 heteroatoms. The Morgan fingerprint density at radius 2 is 1.56 bits per heavy atom. The maximum atomic E-state index is 12.4. The van der Waals surface area contributed by atoms with E-state index in [0.717, 1.165) is 38.0 Å². The van der Waals surface area contributed by atoms with Crippen molar-refractivity contribution in [2.24, 2.45) is 0 Å². The van der Waals surface area contributed by atoms with Gasteiger partial charge in [0, 0.05) is 12.6 Å². The Kier molecular flexibility index (Phi) is 6.60. The summed E-state index contributed by atoms with van der Waals surface area (Å²) < 4.78 is 5.49. The molecule has 4 nitrogen and oxygen atoms in total. The smallest absolute Gasteiger partial charge is 0.320 e. The zero-order valence-corrected chi connectivity index (χ0v) is 14.6. The number of nitrogens with one attached hydrogen (secondary N) is 1. The van der Waals surface area contributed by atoms with Crippen molar-refractivity contribution in [1.29, 1.82) is 0 Å². The van der Waals surface area contributed by atoms with Gasteiger partial charge >= 0.3 is 5.97 Å². The van der Waals surface area contributed by atoms with Crippen LogP contribution in [0.1, 0.15) is 24.0 Å². The molecule has 2 aromatic carbocycles. The maximum absolute atomic E-state index is 12.4. The fourth-order valence-corrected chi connectivity index (χ4v) is 3.25. The van der Waals surface area contributed by atoms with Crippen LogP contribution in [0.5, 0.6) is 0 Å². The van der Waals surface area contributed by atoms with Crippen molar-refractivity contribution in [1.82, 2.24) is 10.2 Å². The number of carbonyl (C=O) groups excluding carboxylic acids is 1. The number of esters is 1. The van der Waals surface area contributed by atoms with E-state index in [2.05, 4.69) is 22.3 Å². The van der Waals surface area contributed by atoms with Crippen LogP contribution in [0, 0.1) is 0 Å². The molecular weight excluding hydrogens is 312 g/mol. The summed E-state index contributed by atoms with van der Waals surface area (Å²) in [4.78, 5) is 14.6. The van der Waals surface area contributed by atoms with Crippen molar-refractivity contribution >= 4 is 5.97 Å². The third-order valence-corrected chi connectivity index (χ3v) is 4.63. The molecule has 0 unspecified atom stereocenters. The number of carbonyl (C=O) groups is 1. The lowest BCUT2D eigenvalue weighted by Gasteiger charge is -2.34. The number of hydrogen-bond donors (Lipinski definition) is 1. The van der Waals surface area contributed by atoms with Crippen molar-refractivity contribution in [2.45, 2.75) is 32.0 Å². The van der Waals surface area contributed by atoms with Crippen LogP contribution in [-0.4, -0.2) is 36.5 Å². The van der Waals surface area contributed by atoms with Crippen LogP contribution in [0.15, 0.2) is 60.7 Å². The summed E-state index contributed by atoms with van der Waals surface area (Å²) >= 11 is 0. The molecule has 0 spiro atoms. The number of hydrogen-bond acceptors (Lipinski definition) is 4. The minimum absolute atomic E-state index is 0.154. The Morgan fingerprint density at radius 3 is 2.20 bits per heavy atom. The van der Waals surface area contributed by atoms with Gasteiger partial charge in [0.25, 0.3) is 0 Å². The molecule has 0 atom stereocenters. The van der Waals surface area contributed by atoms with Crippen molar-refractivity contribution in [3.8, 4) is 0 Å². The fraction of sp³-hybridized carbons (Fsp3) is 0.381. The third-order valence-electron chi connectivity index (χ3n) is 4.63. The van der Waals surface area contributed by atoms with E-state index in [1.807, 2.05) is 48.5 Å². The maximum Gasteiger partial charge on any atom is 0.320 e. The minimum atomic E-state index is -0.154. The standard InChI is InChI=1S/C21H26N2O2/c24-21(25-17-19-9-5-2-6-10-19)16-23(20-11-13-22-14-12-20)15-18-7-3-1-4-8-18/h1-10,20,22H,11-17H2. The Morgan fingerprint density at radius 1 is 0.960 bits per heavy atom. The van der Waals surface area contributed by atoms with Crippen LogP contribution < -0.4 is 5.32 Å². The molecule has 2 aromatic rings. The van der Waals surface area contributed by atoms with Crippen LogP contribution >= 0.6 is 0 Å². The normalized spacial score (nSPS) is 15.2. The van der Waals surface area contributed by atoms with Crippen LogP contribution in [0.2, 0.25) is 0 Å². The molecule has 132 valence electrons. The summed E-state index contributed by atoms with van der Waals surface area (Å²) in [7, 11) is 0. The first-order valence-electron chi connectivity index (χ1n) is 8.99. The Hall–Kier alpha value is -2.17. The van der Waals surface area contributed by atoms with Crippen molar-refractivity contribution in [3.05, 3.63) is 71.8 Å². The average molecular weight is 338 g/mol. The van der Waals surface area contributed by atoms with E-state index >= 15 is 0 Å². The zero-order valence-electron chi connectivity index (χ0n) is 14.6. The Labute approximate surface area is 149 Å². The van der Waals surface area contributed by atoms with E-state index < -0.39 is 0 Å². The molecular formula is C21H26N2O2. The number of ether oxygens (including phenoxy) is 1. The molecule has 1 aliphatic rings. The fourth-order valence-electron chi connectivity index (χ4n) is 3.25. The van der Waals surface area contributed by atoms with E-state index in [1.165, 1.54) is 5.56 Å². The number of rotatable bonds is 7.